The fourth-order valence-corrected chi connectivity index (χ4v) is 3.92. The molecule has 6 nitrogen and oxygen atoms in total. The predicted octanol–water partition coefficient (Wildman–Crippen LogP) is 3.40. The van der Waals surface area contributed by atoms with Gasteiger partial charge in [0.1, 0.15) is 0 Å². The summed E-state index contributed by atoms with van der Waals surface area (Å²) < 4.78 is 32.0. The van der Waals surface area contributed by atoms with Crippen LogP contribution in [-0.2, 0) is 26.9 Å². The van der Waals surface area contributed by atoms with Gasteiger partial charge in [-0.25, -0.2) is 13.2 Å². The minimum absolute atomic E-state index is 0.187. The van der Waals surface area contributed by atoms with Gasteiger partial charge in [0, 0.05) is 18.1 Å². The fourth-order valence-electron chi connectivity index (χ4n) is 2.72. The molecule has 144 valence electrons. The van der Waals surface area contributed by atoms with Crippen molar-refractivity contribution in [2.45, 2.75) is 12.2 Å². The summed E-state index contributed by atoms with van der Waals surface area (Å²) in [6.07, 6.45) is 4.24. The molecule has 3 aromatic rings. The zero-order valence-corrected chi connectivity index (χ0v) is 16.1. The van der Waals surface area contributed by atoms with Crippen molar-refractivity contribution in [1.29, 1.82) is 0 Å². The maximum atomic E-state index is 12.4. The third-order valence-electron chi connectivity index (χ3n) is 4.12. The summed E-state index contributed by atoms with van der Waals surface area (Å²) in [6, 6.07) is 17.5. The van der Waals surface area contributed by atoms with Crippen LogP contribution in [0.4, 0.5) is 5.69 Å². The Kier molecular flexibility index (Phi) is 6.06. The quantitative estimate of drug-likeness (QED) is 0.619. The molecule has 0 unspecified atom stereocenters. The van der Waals surface area contributed by atoms with Crippen molar-refractivity contribution in [3.05, 3.63) is 95.3 Å². The first-order valence-corrected chi connectivity index (χ1v) is 10.3. The Labute approximate surface area is 164 Å². The Hall–Kier alpha value is -3.19. The fraction of sp³-hybridized carbons (Fsp3) is 0.143. The molecule has 0 radical (unpaired) electrons. The van der Waals surface area contributed by atoms with Crippen LogP contribution in [-0.4, -0.2) is 26.5 Å². The maximum absolute atomic E-state index is 12.4. The molecule has 0 saturated heterocycles. The molecule has 0 aliphatic carbocycles. The number of hydrogen-bond donors (Lipinski definition) is 1. The molecule has 0 fully saturated rings. The van der Waals surface area contributed by atoms with Crippen molar-refractivity contribution < 1.29 is 17.9 Å². The standard InChI is InChI=1S/C21H20N2O4S/c1-27-21(24)19-6-2-18(3-7-19)15-28(25,26)23-20-8-4-16(5-9-20)14-17-10-12-22-13-11-17/h2-13,23H,14-15H2,1H3. The van der Waals surface area contributed by atoms with E-state index in [4.69, 9.17) is 0 Å². The van der Waals surface area contributed by atoms with E-state index in [1.807, 2.05) is 24.3 Å². The molecule has 7 heteroatoms. The lowest BCUT2D eigenvalue weighted by atomic mass is 10.1. The lowest BCUT2D eigenvalue weighted by molar-refractivity contribution is 0.0600. The van der Waals surface area contributed by atoms with Crippen molar-refractivity contribution in [3.8, 4) is 0 Å². The molecule has 0 aliphatic rings. The number of ether oxygens (including phenoxy) is 1. The molecule has 2 aromatic carbocycles. The van der Waals surface area contributed by atoms with Crippen LogP contribution in [0, 0.1) is 0 Å². The molecule has 0 atom stereocenters. The molecule has 0 bridgehead atoms. The molecule has 0 amide bonds. The number of benzene rings is 2. The van der Waals surface area contributed by atoms with Gasteiger partial charge in [-0.2, -0.15) is 0 Å². The van der Waals surface area contributed by atoms with E-state index in [2.05, 4.69) is 14.4 Å². The van der Waals surface area contributed by atoms with Gasteiger partial charge in [0.15, 0.2) is 0 Å². The summed E-state index contributed by atoms with van der Waals surface area (Å²) in [7, 11) is -2.27. The minimum Gasteiger partial charge on any atom is -0.465 e. The van der Waals surface area contributed by atoms with Crippen LogP contribution in [0.1, 0.15) is 27.0 Å². The number of pyridine rings is 1. The Balaban J connectivity index is 1.62. The molecule has 28 heavy (non-hydrogen) atoms. The lowest BCUT2D eigenvalue weighted by Gasteiger charge is -2.09. The number of nitrogens with one attached hydrogen (secondary N) is 1. The normalized spacial score (nSPS) is 11.0. The van der Waals surface area contributed by atoms with Gasteiger partial charge in [0.05, 0.1) is 18.4 Å². The smallest absolute Gasteiger partial charge is 0.337 e. The second-order valence-corrected chi connectivity index (χ2v) is 8.00. The van der Waals surface area contributed by atoms with Gasteiger partial charge in [0.25, 0.3) is 0 Å². The monoisotopic (exact) mass is 396 g/mol. The number of anilines is 1. The van der Waals surface area contributed by atoms with Gasteiger partial charge in [-0.05, 0) is 59.5 Å². The van der Waals surface area contributed by atoms with Gasteiger partial charge in [-0.15, -0.1) is 0 Å². The van der Waals surface area contributed by atoms with E-state index in [0.717, 1.165) is 17.5 Å². The summed E-state index contributed by atoms with van der Waals surface area (Å²) in [5, 5.41) is 0. The van der Waals surface area contributed by atoms with Crippen LogP contribution in [0.3, 0.4) is 0 Å². The SMILES string of the molecule is COC(=O)c1ccc(CS(=O)(=O)Nc2ccc(Cc3ccncc3)cc2)cc1. The van der Waals surface area contributed by atoms with Gasteiger partial charge in [-0.1, -0.05) is 24.3 Å². The largest absolute Gasteiger partial charge is 0.465 e. The molecule has 1 heterocycles. The number of methoxy groups -OCH3 is 1. The topological polar surface area (TPSA) is 85.4 Å². The van der Waals surface area contributed by atoms with Crippen molar-refractivity contribution in [2.75, 3.05) is 11.8 Å². The van der Waals surface area contributed by atoms with Crippen molar-refractivity contribution in [2.24, 2.45) is 0 Å². The summed E-state index contributed by atoms with van der Waals surface area (Å²) >= 11 is 0. The number of esters is 1. The third kappa shape index (κ3) is 5.40. The highest BCUT2D eigenvalue weighted by Gasteiger charge is 2.13. The first-order valence-electron chi connectivity index (χ1n) is 8.61. The van der Waals surface area contributed by atoms with Gasteiger partial charge in [-0.3, -0.25) is 9.71 Å². The highest BCUT2D eigenvalue weighted by Crippen LogP contribution is 2.16. The number of nitrogens with zero attached hydrogens (tertiary/aromatic N) is 1. The van der Waals surface area contributed by atoms with Crippen molar-refractivity contribution in [3.63, 3.8) is 0 Å². The second kappa shape index (κ2) is 8.67. The molecular formula is C21H20N2O4S. The van der Waals surface area contributed by atoms with Crippen molar-refractivity contribution >= 4 is 21.7 Å². The van der Waals surface area contributed by atoms with E-state index in [1.54, 1.807) is 48.8 Å². The number of carbonyl (C=O) groups excluding carboxylic acids is 1. The van der Waals surface area contributed by atoms with Gasteiger partial charge in [0.2, 0.25) is 10.0 Å². The molecule has 0 aliphatic heterocycles. The van der Waals surface area contributed by atoms with Crippen LogP contribution >= 0.6 is 0 Å². The first kappa shape index (κ1) is 19.6. The average Bonchev–Trinajstić information content (AvgIpc) is 2.70. The Morgan fingerprint density at radius 2 is 1.46 bits per heavy atom. The Morgan fingerprint density at radius 1 is 0.893 bits per heavy atom. The van der Waals surface area contributed by atoms with E-state index in [9.17, 15) is 13.2 Å². The van der Waals surface area contributed by atoms with Gasteiger partial charge < -0.3 is 4.74 Å². The molecule has 3 rings (SSSR count). The zero-order valence-electron chi connectivity index (χ0n) is 15.3. The molecular weight excluding hydrogens is 376 g/mol. The number of aromatic nitrogens is 1. The average molecular weight is 396 g/mol. The van der Waals surface area contributed by atoms with E-state index in [-0.39, 0.29) is 5.75 Å². The third-order valence-corrected chi connectivity index (χ3v) is 5.38. The van der Waals surface area contributed by atoms with Crippen LogP contribution < -0.4 is 4.72 Å². The van der Waals surface area contributed by atoms with Gasteiger partial charge >= 0.3 is 5.97 Å². The lowest BCUT2D eigenvalue weighted by Crippen LogP contribution is -2.15. The van der Waals surface area contributed by atoms with Crippen LogP contribution in [0.2, 0.25) is 0 Å². The van der Waals surface area contributed by atoms with Crippen LogP contribution in [0.25, 0.3) is 0 Å². The van der Waals surface area contributed by atoms with Crippen molar-refractivity contribution in [1.82, 2.24) is 4.98 Å². The first-order chi connectivity index (χ1) is 13.4. The molecule has 1 aromatic heterocycles. The summed E-state index contributed by atoms with van der Waals surface area (Å²) in [6.45, 7) is 0. The highest BCUT2D eigenvalue weighted by atomic mass is 32.2. The Bertz CT molecular complexity index is 1030. The van der Waals surface area contributed by atoms with E-state index in [0.29, 0.717) is 16.8 Å². The number of carbonyl (C=O) groups is 1. The molecule has 0 spiro atoms. The molecule has 0 saturated carbocycles. The Morgan fingerprint density at radius 3 is 2.07 bits per heavy atom. The van der Waals surface area contributed by atoms with Crippen LogP contribution in [0.15, 0.2) is 73.1 Å². The predicted molar refractivity (Wildman–Crippen MR) is 108 cm³/mol. The van der Waals surface area contributed by atoms with E-state index < -0.39 is 16.0 Å². The highest BCUT2D eigenvalue weighted by molar-refractivity contribution is 7.91. The second-order valence-electron chi connectivity index (χ2n) is 6.28. The summed E-state index contributed by atoms with van der Waals surface area (Å²) in [5.74, 6) is -0.646. The summed E-state index contributed by atoms with van der Waals surface area (Å²) in [4.78, 5) is 15.4. The molecule has 1 N–H and O–H groups in total. The number of sulfonamides is 1. The zero-order chi connectivity index (χ0) is 20.0. The minimum atomic E-state index is -3.57. The number of rotatable bonds is 7. The van der Waals surface area contributed by atoms with Crippen LogP contribution in [0.5, 0.6) is 0 Å². The van der Waals surface area contributed by atoms with E-state index >= 15 is 0 Å². The summed E-state index contributed by atoms with van der Waals surface area (Å²) in [5.41, 5.74) is 3.67. The maximum Gasteiger partial charge on any atom is 0.337 e. The van der Waals surface area contributed by atoms with E-state index in [1.165, 1.54) is 7.11 Å². The number of hydrogen-bond acceptors (Lipinski definition) is 5.